The van der Waals surface area contributed by atoms with Crippen LogP contribution in [0.15, 0.2) is 23.3 Å². The summed E-state index contributed by atoms with van der Waals surface area (Å²) in [5.74, 6) is 0. The van der Waals surface area contributed by atoms with E-state index in [1.165, 1.54) is 11.1 Å². The molecule has 0 saturated carbocycles. The Bertz CT molecular complexity index is 244. The predicted molar refractivity (Wildman–Crippen MR) is 50.9 cm³/mol. The molecular weight excluding hydrogens is 148 g/mol. The van der Waals surface area contributed by atoms with E-state index >= 15 is 0 Å². The van der Waals surface area contributed by atoms with Crippen LogP contribution >= 0.6 is 0 Å². The molecule has 0 fully saturated rings. The van der Waals surface area contributed by atoms with E-state index in [1.807, 2.05) is 0 Å². The maximum Gasteiger partial charge on any atom is 0.124 e. The van der Waals surface area contributed by atoms with Crippen molar-refractivity contribution in [2.75, 3.05) is 0 Å². The first-order valence-electron chi connectivity index (χ1n) is 4.38. The van der Waals surface area contributed by atoms with Crippen molar-refractivity contribution in [2.24, 2.45) is 5.41 Å². The molecule has 12 heavy (non-hydrogen) atoms. The minimum absolute atomic E-state index is 0.0866. The van der Waals surface area contributed by atoms with E-state index in [0.29, 0.717) is 6.42 Å². The summed E-state index contributed by atoms with van der Waals surface area (Å²) >= 11 is 0. The zero-order valence-electron chi connectivity index (χ0n) is 8.05. The van der Waals surface area contributed by atoms with Gasteiger partial charge >= 0.3 is 0 Å². The molecule has 1 aliphatic carbocycles. The Morgan fingerprint density at radius 2 is 2.25 bits per heavy atom. The first-order valence-corrected chi connectivity index (χ1v) is 4.38. The van der Waals surface area contributed by atoms with E-state index in [2.05, 4.69) is 32.9 Å². The molecule has 0 saturated heterocycles. The number of hydrogen-bond acceptors (Lipinski definition) is 1. The van der Waals surface area contributed by atoms with Gasteiger partial charge in [0.15, 0.2) is 0 Å². The fourth-order valence-corrected chi connectivity index (χ4v) is 1.82. The Morgan fingerprint density at radius 3 is 2.75 bits per heavy atom. The van der Waals surface area contributed by atoms with Gasteiger partial charge in [-0.15, -0.1) is 0 Å². The van der Waals surface area contributed by atoms with E-state index in [4.69, 9.17) is 0 Å². The molecule has 0 atom stereocenters. The Morgan fingerprint density at radius 1 is 1.58 bits per heavy atom. The molecule has 0 aromatic rings. The van der Waals surface area contributed by atoms with Gasteiger partial charge in [0.25, 0.3) is 0 Å². The third-order valence-electron chi connectivity index (χ3n) is 2.54. The van der Waals surface area contributed by atoms with Crippen LogP contribution in [0.2, 0.25) is 0 Å². The molecule has 1 aliphatic rings. The van der Waals surface area contributed by atoms with E-state index in [0.717, 1.165) is 12.7 Å². The van der Waals surface area contributed by atoms with Crippen LogP contribution in [0, 0.1) is 5.41 Å². The number of rotatable bonds is 2. The smallest absolute Gasteiger partial charge is 0.124 e. The molecule has 0 aromatic heterocycles. The molecule has 0 heterocycles. The minimum atomic E-state index is 0.0866. The van der Waals surface area contributed by atoms with E-state index in [1.54, 1.807) is 0 Å². The van der Waals surface area contributed by atoms with Crippen molar-refractivity contribution < 1.29 is 4.79 Å². The lowest BCUT2D eigenvalue weighted by molar-refractivity contribution is -0.107. The van der Waals surface area contributed by atoms with Crippen LogP contribution in [-0.4, -0.2) is 6.29 Å². The van der Waals surface area contributed by atoms with E-state index in [-0.39, 0.29) is 5.41 Å². The van der Waals surface area contributed by atoms with Crippen molar-refractivity contribution in [3.8, 4) is 0 Å². The second-order valence-electron chi connectivity index (χ2n) is 3.96. The number of carbonyl (C=O) groups is 1. The van der Waals surface area contributed by atoms with Crippen molar-refractivity contribution in [1.29, 1.82) is 0 Å². The molecule has 0 aromatic carbocycles. The second kappa shape index (κ2) is 3.26. The average Bonchev–Trinajstić information content (AvgIpc) is 1.97. The lowest BCUT2D eigenvalue weighted by Crippen LogP contribution is -2.16. The molecule has 0 amide bonds. The van der Waals surface area contributed by atoms with Gasteiger partial charge < -0.3 is 4.79 Å². The fourth-order valence-electron chi connectivity index (χ4n) is 1.82. The van der Waals surface area contributed by atoms with Gasteiger partial charge in [-0.2, -0.15) is 0 Å². The SMILES string of the molecule is CC1=C(CC=O)C(C)(C)C=CC1. The third kappa shape index (κ3) is 1.66. The molecule has 0 aliphatic heterocycles. The summed E-state index contributed by atoms with van der Waals surface area (Å²) < 4.78 is 0. The molecule has 1 rings (SSSR count). The summed E-state index contributed by atoms with van der Waals surface area (Å²) in [6, 6.07) is 0. The maximum atomic E-state index is 10.4. The summed E-state index contributed by atoms with van der Waals surface area (Å²) in [5, 5.41) is 0. The Labute approximate surface area is 74.2 Å². The molecule has 0 spiro atoms. The summed E-state index contributed by atoms with van der Waals surface area (Å²) in [6.07, 6.45) is 6.97. The summed E-state index contributed by atoms with van der Waals surface area (Å²) in [7, 11) is 0. The lowest BCUT2D eigenvalue weighted by Gasteiger charge is -2.29. The minimum Gasteiger partial charge on any atom is -0.303 e. The van der Waals surface area contributed by atoms with Gasteiger partial charge in [0.05, 0.1) is 0 Å². The monoisotopic (exact) mass is 164 g/mol. The highest BCUT2D eigenvalue weighted by molar-refractivity contribution is 5.57. The number of allylic oxidation sites excluding steroid dienone is 4. The molecular formula is C11H16O. The molecule has 1 nitrogen and oxygen atoms in total. The van der Waals surface area contributed by atoms with Crippen molar-refractivity contribution in [1.82, 2.24) is 0 Å². The van der Waals surface area contributed by atoms with Crippen LogP contribution in [0.25, 0.3) is 0 Å². The standard InChI is InChI=1S/C11H16O/c1-9-5-4-7-11(2,3)10(9)6-8-12/h4,7-8H,5-6H2,1-3H3. The van der Waals surface area contributed by atoms with Crippen LogP contribution in [-0.2, 0) is 4.79 Å². The van der Waals surface area contributed by atoms with Crippen LogP contribution in [0.3, 0.4) is 0 Å². The molecule has 0 unspecified atom stereocenters. The predicted octanol–water partition coefficient (Wildman–Crippen LogP) is 2.88. The first-order chi connectivity index (χ1) is 5.58. The molecule has 0 radical (unpaired) electrons. The van der Waals surface area contributed by atoms with Gasteiger partial charge in [-0.3, -0.25) is 0 Å². The first kappa shape index (κ1) is 9.24. The van der Waals surface area contributed by atoms with Crippen LogP contribution in [0.5, 0.6) is 0 Å². The van der Waals surface area contributed by atoms with Crippen LogP contribution < -0.4 is 0 Å². The van der Waals surface area contributed by atoms with Gasteiger partial charge in [-0.1, -0.05) is 37.1 Å². The summed E-state index contributed by atoms with van der Waals surface area (Å²) in [5.41, 5.74) is 2.73. The van der Waals surface area contributed by atoms with Crippen molar-refractivity contribution in [2.45, 2.75) is 33.6 Å². The molecule has 0 bridgehead atoms. The lowest BCUT2D eigenvalue weighted by atomic mass is 9.76. The maximum absolute atomic E-state index is 10.4. The highest BCUT2D eigenvalue weighted by Gasteiger charge is 2.23. The Balaban J connectivity index is 2.95. The van der Waals surface area contributed by atoms with Crippen molar-refractivity contribution in [3.63, 3.8) is 0 Å². The topological polar surface area (TPSA) is 17.1 Å². The highest BCUT2D eigenvalue weighted by Crippen LogP contribution is 2.36. The van der Waals surface area contributed by atoms with E-state index < -0.39 is 0 Å². The zero-order valence-corrected chi connectivity index (χ0v) is 8.05. The Kier molecular flexibility index (Phi) is 2.51. The number of hydrogen-bond donors (Lipinski definition) is 0. The van der Waals surface area contributed by atoms with Crippen LogP contribution in [0.4, 0.5) is 0 Å². The van der Waals surface area contributed by atoms with Gasteiger partial charge in [0.2, 0.25) is 0 Å². The summed E-state index contributed by atoms with van der Waals surface area (Å²) in [6.45, 7) is 6.43. The van der Waals surface area contributed by atoms with Crippen LogP contribution in [0.1, 0.15) is 33.6 Å². The largest absolute Gasteiger partial charge is 0.303 e. The highest BCUT2D eigenvalue weighted by atomic mass is 16.1. The van der Waals surface area contributed by atoms with Crippen molar-refractivity contribution >= 4 is 6.29 Å². The average molecular weight is 164 g/mol. The van der Waals surface area contributed by atoms with Gasteiger partial charge in [-0.05, 0) is 13.3 Å². The molecule has 66 valence electrons. The third-order valence-corrected chi connectivity index (χ3v) is 2.54. The quantitative estimate of drug-likeness (QED) is 0.453. The second-order valence-corrected chi connectivity index (χ2v) is 3.96. The summed E-state index contributed by atoms with van der Waals surface area (Å²) in [4.78, 5) is 10.4. The molecule has 0 N–H and O–H groups in total. The van der Waals surface area contributed by atoms with Gasteiger partial charge in [-0.25, -0.2) is 0 Å². The number of aldehydes is 1. The van der Waals surface area contributed by atoms with Gasteiger partial charge in [0, 0.05) is 11.8 Å². The normalized spacial score (nSPS) is 21.2. The fraction of sp³-hybridized carbons (Fsp3) is 0.545. The van der Waals surface area contributed by atoms with E-state index in [9.17, 15) is 4.79 Å². The number of carbonyl (C=O) groups excluding carboxylic acids is 1. The zero-order chi connectivity index (χ0) is 9.19. The Hall–Kier alpha value is -0.850. The van der Waals surface area contributed by atoms with Gasteiger partial charge in [0.1, 0.15) is 6.29 Å². The van der Waals surface area contributed by atoms with Crippen molar-refractivity contribution in [3.05, 3.63) is 23.3 Å². The molecule has 1 heteroatoms.